The fraction of sp³-hybridized carbons (Fsp3) is 0.333. The number of aromatic nitrogens is 2. The Labute approximate surface area is 88.9 Å². The zero-order chi connectivity index (χ0) is 9.71. The number of rotatable bonds is 0. The molecule has 0 bridgehead atoms. The molecule has 14 heavy (non-hydrogen) atoms. The fourth-order valence-corrected chi connectivity index (χ4v) is 3.49. The topological polar surface area (TPSA) is 34.9 Å². The van der Waals surface area contributed by atoms with Gasteiger partial charge in [0.05, 0.1) is 5.39 Å². The molecule has 0 atom stereocenters. The lowest BCUT2D eigenvalue weighted by molar-refractivity contribution is 0.962. The van der Waals surface area contributed by atoms with E-state index in [4.69, 9.17) is 0 Å². The summed E-state index contributed by atoms with van der Waals surface area (Å²) in [6.07, 6.45) is 0.910. The first-order valence-electron chi connectivity index (χ1n) is 4.41. The Balaban J connectivity index is 2.49. The third-order valence-electron chi connectivity index (χ3n) is 2.26. The fourth-order valence-electron chi connectivity index (χ4n) is 1.65. The van der Waals surface area contributed by atoms with Crippen molar-refractivity contribution >= 4 is 33.5 Å². The highest BCUT2D eigenvalue weighted by Gasteiger charge is 2.17. The summed E-state index contributed by atoms with van der Waals surface area (Å²) in [6, 6.07) is 1.93. The maximum Gasteiger partial charge on any atom is 0.272 e. The van der Waals surface area contributed by atoms with Crippen LogP contribution in [0.3, 0.4) is 0 Å². The molecule has 0 amide bonds. The van der Waals surface area contributed by atoms with Crippen LogP contribution in [0, 0.1) is 6.92 Å². The molecule has 0 aromatic carbocycles. The molecule has 0 fully saturated rings. The Kier molecular flexibility index (Phi) is 1.72. The van der Waals surface area contributed by atoms with Crippen LogP contribution in [0.15, 0.2) is 10.9 Å². The van der Waals surface area contributed by atoms with Crippen molar-refractivity contribution in [2.24, 2.45) is 0 Å². The highest BCUT2D eigenvalue weighted by atomic mass is 32.2. The standard InChI is InChI=1S/C9H8N2OS2/c1-5-4-6-8(14-5)10-7-2-3-13-11(7)9(6)12/h4H,2-3H2,1H3. The average Bonchev–Trinajstić information content (AvgIpc) is 2.71. The molecule has 0 unspecified atom stereocenters. The molecule has 0 spiro atoms. The van der Waals surface area contributed by atoms with Crippen LogP contribution in [-0.2, 0) is 6.42 Å². The molecule has 2 aromatic rings. The van der Waals surface area contributed by atoms with E-state index in [1.807, 2.05) is 13.0 Å². The van der Waals surface area contributed by atoms with Gasteiger partial charge in [-0.15, -0.1) is 11.3 Å². The lowest BCUT2D eigenvalue weighted by Crippen LogP contribution is -2.16. The molecule has 0 saturated heterocycles. The summed E-state index contributed by atoms with van der Waals surface area (Å²) in [6.45, 7) is 2.01. The number of thiophene rings is 1. The second-order valence-corrected chi connectivity index (χ2v) is 5.55. The SMILES string of the molecule is Cc1cc2c(=O)n3c(nc2s1)CCS3. The molecule has 2 aromatic heterocycles. The molecular weight excluding hydrogens is 216 g/mol. The molecule has 3 heterocycles. The molecule has 0 saturated carbocycles. The smallest absolute Gasteiger partial charge is 0.268 e. The Morgan fingerprint density at radius 2 is 2.43 bits per heavy atom. The van der Waals surface area contributed by atoms with E-state index >= 15 is 0 Å². The first kappa shape index (κ1) is 8.49. The molecule has 5 heteroatoms. The van der Waals surface area contributed by atoms with Gasteiger partial charge in [0.15, 0.2) is 0 Å². The van der Waals surface area contributed by atoms with E-state index < -0.39 is 0 Å². The van der Waals surface area contributed by atoms with Crippen LogP contribution in [0.4, 0.5) is 0 Å². The van der Waals surface area contributed by atoms with Crippen molar-refractivity contribution in [1.82, 2.24) is 8.96 Å². The maximum atomic E-state index is 11.9. The van der Waals surface area contributed by atoms with Crippen molar-refractivity contribution in [2.45, 2.75) is 13.3 Å². The predicted octanol–water partition coefficient (Wildman–Crippen LogP) is 1.82. The minimum absolute atomic E-state index is 0.108. The first-order chi connectivity index (χ1) is 6.75. The van der Waals surface area contributed by atoms with Crippen molar-refractivity contribution in [1.29, 1.82) is 0 Å². The van der Waals surface area contributed by atoms with Gasteiger partial charge in [0.2, 0.25) is 0 Å². The molecular formula is C9H8N2OS2. The molecule has 0 N–H and O–H groups in total. The zero-order valence-corrected chi connectivity index (χ0v) is 9.24. The third-order valence-corrected chi connectivity index (χ3v) is 4.23. The van der Waals surface area contributed by atoms with Crippen molar-refractivity contribution in [3.8, 4) is 0 Å². The number of fused-ring (bicyclic) bond motifs is 2. The summed E-state index contributed by atoms with van der Waals surface area (Å²) >= 11 is 3.16. The first-order valence-corrected chi connectivity index (χ1v) is 6.17. The summed E-state index contributed by atoms with van der Waals surface area (Å²) in [4.78, 5) is 18.5. The van der Waals surface area contributed by atoms with Crippen molar-refractivity contribution < 1.29 is 0 Å². The summed E-state index contributed by atoms with van der Waals surface area (Å²) in [5.74, 6) is 1.90. The lowest BCUT2D eigenvalue weighted by Gasteiger charge is -1.98. The Morgan fingerprint density at radius 1 is 1.57 bits per heavy atom. The highest BCUT2D eigenvalue weighted by molar-refractivity contribution is 7.98. The van der Waals surface area contributed by atoms with Gasteiger partial charge in [0.1, 0.15) is 10.7 Å². The van der Waals surface area contributed by atoms with Crippen LogP contribution in [0.25, 0.3) is 10.2 Å². The summed E-state index contributed by atoms with van der Waals surface area (Å²) in [5, 5.41) is 0.769. The van der Waals surface area contributed by atoms with E-state index in [-0.39, 0.29) is 5.56 Å². The van der Waals surface area contributed by atoms with Gasteiger partial charge in [0, 0.05) is 17.1 Å². The van der Waals surface area contributed by atoms with E-state index in [9.17, 15) is 4.79 Å². The molecule has 3 rings (SSSR count). The Bertz CT molecular complexity index is 570. The van der Waals surface area contributed by atoms with Crippen LogP contribution >= 0.6 is 23.3 Å². The molecule has 1 aliphatic heterocycles. The van der Waals surface area contributed by atoms with Gasteiger partial charge < -0.3 is 0 Å². The molecule has 3 nitrogen and oxygen atoms in total. The number of hydrogen-bond acceptors (Lipinski definition) is 4. The maximum absolute atomic E-state index is 11.9. The van der Waals surface area contributed by atoms with Gasteiger partial charge >= 0.3 is 0 Å². The number of aryl methyl sites for hydroxylation is 2. The van der Waals surface area contributed by atoms with E-state index in [2.05, 4.69) is 4.98 Å². The summed E-state index contributed by atoms with van der Waals surface area (Å²) < 4.78 is 1.73. The second kappa shape index (κ2) is 2.84. The van der Waals surface area contributed by atoms with E-state index in [1.165, 1.54) is 0 Å². The minimum Gasteiger partial charge on any atom is -0.268 e. The van der Waals surface area contributed by atoms with Gasteiger partial charge in [-0.3, -0.25) is 4.79 Å². The highest BCUT2D eigenvalue weighted by Crippen LogP contribution is 2.24. The van der Waals surface area contributed by atoms with Gasteiger partial charge in [0.25, 0.3) is 5.56 Å². The largest absolute Gasteiger partial charge is 0.272 e. The lowest BCUT2D eigenvalue weighted by atomic mass is 10.3. The van der Waals surface area contributed by atoms with E-state index in [0.29, 0.717) is 0 Å². The van der Waals surface area contributed by atoms with E-state index in [1.54, 1.807) is 27.3 Å². The van der Waals surface area contributed by atoms with Gasteiger partial charge in [-0.1, -0.05) is 0 Å². The van der Waals surface area contributed by atoms with Gasteiger partial charge in [-0.2, -0.15) is 0 Å². The number of nitrogens with zero attached hydrogens (tertiary/aromatic N) is 2. The van der Waals surface area contributed by atoms with Crippen LogP contribution in [0.1, 0.15) is 10.7 Å². The molecule has 72 valence electrons. The molecule has 0 radical (unpaired) electrons. The Morgan fingerprint density at radius 3 is 3.29 bits per heavy atom. The van der Waals surface area contributed by atoms with Crippen LogP contribution in [0.5, 0.6) is 0 Å². The second-order valence-electron chi connectivity index (χ2n) is 3.29. The van der Waals surface area contributed by atoms with Crippen LogP contribution < -0.4 is 5.56 Å². The predicted molar refractivity (Wildman–Crippen MR) is 60.2 cm³/mol. The Hall–Kier alpha value is -0.810. The third kappa shape index (κ3) is 1.05. The summed E-state index contributed by atoms with van der Waals surface area (Å²) in [7, 11) is 0. The quantitative estimate of drug-likeness (QED) is 0.684. The van der Waals surface area contributed by atoms with E-state index in [0.717, 1.165) is 33.1 Å². The zero-order valence-electron chi connectivity index (χ0n) is 7.61. The van der Waals surface area contributed by atoms with Crippen molar-refractivity contribution in [2.75, 3.05) is 5.75 Å². The average molecular weight is 224 g/mol. The van der Waals surface area contributed by atoms with Crippen molar-refractivity contribution in [3.63, 3.8) is 0 Å². The molecule has 1 aliphatic rings. The van der Waals surface area contributed by atoms with Crippen LogP contribution in [0.2, 0.25) is 0 Å². The molecule has 0 aliphatic carbocycles. The van der Waals surface area contributed by atoms with Gasteiger partial charge in [-0.05, 0) is 24.9 Å². The normalized spacial score (nSPS) is 14.9. The monoisotopic (exact) mass is 224 g/mol. The van der Waals surface area contributed by atoms with Crippen molar-refractivity contribution in [3.05, 3.63) is 27.1 Å². The number of hydrogen-bond donors (Lipinski definition) is 0. The van der Waals surface area contributed by atoms with Crippen LogP contribution in [-0.4, -0.2) is 14.7 Å². The van der Waals surface area contributed by atoms with Gasteiger partial charge in [-0.25, -0.2) is 8.96 Å². The summed E-state index contributed by atoms with van der Waals surface area (Å²) in [5.41, 5.74) is 0.108. The minimum atomic E-state index is 0.108.